The Labute approximate surface area is 173 Å². The molecule has 0 saturated carbocycles. The zero-order valence-corrected chi connectivity index (χ0v) is 18.2. The lowest BCUT2D eigenvalue weighted by molar-refractivity contribution is -0.127. The largest absolute Gasteiger partial charge is 0.331 e. The number of para-hydroxylation sites is 1. The highest BCUT2D eigenvalue weighted by molar-refractivity contribution is 7.88. The van der Waals surface area contributed by atoms with E-state index in [0.29, 0.717) is 5.13 Å². The Bertz CT molecular complexity index is 1000. The number of amides is 2. The van der Waals surface area contributed by atoms with Crippen LogP contribution in [0.4, 0.5) is 5.13 Å². The molecule has 3 rings (SSSR count). The first-order valence-electron chi connectivity index (χ1n) is 9.19. The molecule has 1 aromatic carbocycles. The van der Waals surface area contributed by atoms with Crippen LogP contribution in [0.25, 0.3) is 10.2 Å². The van der Waals surface area contributed by atoms with Crippen LogP contribution in [0.5, 0.6) is 0 Å². The molecule has 2 amide bonds. The van der Waals surface area contributed by atoms with Gasteiger partial charge in [-0.2, -0.15) is 13.5 Å². The fourth-order valence-corrected chi connectivity index (χ4v) is 5.40. The maximum Gasteiger partial charge on any atom is 0.331 e. The summed E-state index contributed by atoms with van der Waals surface area (Å²) in [6.07, 6.45) is 0. The predicted molar refractivity (Wildman–Crippen MR) is 113 cm³/mol. The lowest BCUT2D eigenvalue weighted by Crippen LogP contribution is -2.61. The minimum Gasteiger partial charge on any atom is -0.266 e. The quantitative estimate of drug-likeness (QED) is 0.694. The van der Waals surface area contributed by atoms with Crippen LogP contribution in [0.15, 0.2) is 29.4 Å². The molecule has 11 heteroatoms. The number of hydrazone groups is 1. The number of anilines is 1. The standard InChI is InChI=1S/C18H23N5O4S2/c1-11(2)9-22-16(24)15(17(25)23(10-12(3)4)29(22,26)27)20-21-18-19-13-7-5-6-8-14(13)28-18/h5-8,11-12H,9-10H2,1-4H3,(H,19,21). The van der Waals surface area contributed by atoms with Gasteiger partial charge in [-0.15, -0.1) is 0 Å². The van der Waals surface area contributed by atoms with E-state index in [1.165, 1.54) is 11.3 Å². The van der Waals surface area contributed by atoms with Crippen LogP contribution >= 0.6 is 11.3 Å². The molecule has 1 aliphatic heterocycles. The van der Waals surface area contributed by atoms with Gasteiger partial charge in [0.05, 0.1) is 10.2 Å². The minimum atomic E-state index is -4.24. The maximum absolute atomic E-state index is 12.9. The van der Waals surface area contributed by atoms with Gasteiger partial charge in [0.15, 0.2) is 0 Å². The molecular weight excluding hydrogens is 414 g/mol. The monoisotopic (exact) mass is 437 g/mol. The first-order chi connectivity index (χ1) is 13.6. The van der Waals surface area contributed by atoms with Gasteiger partial charge in [0, 0.05) is 13.1 Å². The fourth-order valence-electron chi connectivity index (χ4n) is 2.79. The van der Waals surface area contributed by atoms with Crippen molar-refractivity contribution in [3.63, 3.8) is 0 Å². The molecule has 29 heavy (non-hydrogen) atoms. The summed E-state index contributed by atoms with van der Waals surface area (Å²) in [5.74, 6) is -2.09. The second-order valence-electron chi connectivity index (χ2n) is 7.53. The summed E-state index contributed by atoms with van der Waals surface area (Å²) in [6.45, 7) is 7.10. The van der Waals surface area contributed by atoms with Crippen LogP contribution in [0.1, 0.15) is 27.7 Å². The molecule has 0 unspecified atom stereocenters. The van der Waals surface area contributed by atoms with Gasteiger partial charge in [-0.3, -0.25) is 15.0 Å². The van der Waals surface area contributed by atoms with E-state index in [0.717, 1.165) is 18.8 Å². The van der Waals surface area contributed by atoms with Gasteiger partial charge in [-0.05, 0) is 24.0 Å². The molecule has 0 aliphatic carbocycles. The molecular formula is C18H23N5O4S2. The van der Waals surface area contributed by atoms with E-state index >= 15 is 0 Å². The number of nitrogens with one attached hydrogen (secondary N) is 1. The first kappa shape index (κ1) is 21.2. The summed E-state index contributed by atoms with van der Waals surface area (Å²) in [6, 6.07) is 7.46. The summed E-state index contributed by atoms with van der Waals surface area (Å²) in [4.78, 5) is 30.0. The second kappa shape index (κ2) is 8.07. The zero-order valence-electron chi connectivity index (χ0n) is 16.6. The van der Waals surface area contributed by atoms with Crippen molar-refractivity contribution in [2.24, 2.45) is 16.9 Å². The minimum absolute atomic E-state index is 0.0385. The second-order valence-corrected chi connectivity index (χ2v) is 10.3. The van der Waals surface area contributed by atoms with Crippen LogP contribution < -0.4 is 5.43 Å². The Morgan fingerprint density at radius 3 is 2.10 bits per heavy atom. The number of benzene rings is 1. The van der Waals surface area contributed by atoms with Crippen molar-refractivity contribution in [2.75, 3.05) is 18.5 Å². The van der Waals surface area contributed by atoms with Gasteiger partial charge >= 0.3 is 10.2 Å². The van der Waals surface area contributed by atoms with Crippen molar-refractivity contribution >= 4 is 54.4 Å². The summed E-state index contributed by atoms with van der Waals surface area (Å²) < 4.78 is 28.1. The van der Waals surface area contributed by atoms with Crippen LogP contribution in [-0.2, 0) is 19.8 Å². The molecule has 2 aromatic rings. The van der Waals surface area contributed by atoms with Crippen molar-refractivity contribution in [3.05, 3.63) is 24.3 Å². The molecule has 0 spiro atoms. The van der Waals surface area contributed by atoms with Crippen LogP contribution in [-0.4, -0.2) is 52.6 Å². The first-order valence-corrected chi connectivity index (χ1v) is 11.4. The summed E-state index contributed by atoms with van der Waals surface area (Å²) in [5.41, 5.74) is 2.93. The lowest BCUT2D eigenvalue weighted by Gasteiger charge is -2.35. The molecule has 9 nitrogen and oxygen atoms in total. The average Bonchev–Trinajstić information content (AvgIpc) is 3.05. The third kappa shape index (κ3) is 4.25. The number of fused-ring (bicyclic) bond motifs is 1. The highest BCUT2D eigenvalue weighted by Gasteiger charge is 2.48. The van der Waals surface area contributed by atoms with Gasteiger partial charge in [0.25, 0.3) is 11.8 Å². The molecule has 1 aliphatic rings. The topological polar surface area (TPSA) is 112 Å². The molecule has 0 bridgehead atoms. The van der Waals surface area contributed by atoms with Crippen molar-refractivity contribution in [2.45, 2.75) is 27.7 Å². The van der Waals surface area contributed by atoms with Crippen LogP contribution in [0, 0.1) is 11.8 Å². The lowest BCUT2D eigenvalue weighted by atomic mass is 10.2. The average molecular weight is 438 g/mol. The zero-order chi connectivity index (χ0) is 21.3. The third-order valence-electron chi connectivity index (χ3n) is 4.03. The van der Waals surface area contributed by atoms with Crippen LogP contribution in [0.2, 0.25) is 0 Å². The van der Waals surface area contributed by atoms with Crippen LogP contribution in [0.3, 0.4) is 0 Å². The molecule has 1 fully saturated rings. The Morgan fingerprint density at radius 2 is 1.59 bits per heavy atom. The van der Waals surface area contributed by atoms with E-state index in [4.69, 9.17) is 0 Å². The molecule has 2 heterocycles. The number of nitrogens with zero attached hydrogens (tertiary/aromatic N) is 4. The van der Waals surface area contributed by atoms with Gasteiger partial charge in [0.1, 0.15) is 0 Å². The number of aromatic nitrogens is 1. The third-order valence-corrected chi connectivity index (χ3v) is 6.72. The predicted octanol–water partition coefficient (Wildman–Crippen LogP) is 2.29. The summed E-state index contributed by atoms with van der Waals surface area (Å²) in [5, 5.41) is 4.36. The normalized spacial score (nSPS) is 17.0. The fraction of sp³-hybridized carbons (Fsp3) is 0.444. The van der Waals surface area contributed by atoms with E-state index in [-0.39, 0.29) is 24.9 Å². The van der Waals surface area contributed by atoms with Gasteiger partial charge in [-0.1, -0.05) is 51.2 Å². The van der Waals surface area contributed by atoms with E-state index in [2.05, 4.69) is 15.5 Å². The SMILES string of the molecule is CC(C)CN1C(=O)C(=NNc2nc3ccccc3s2)C(=O)N(CC(C)C)S1(=O)=O. The highest BCUT2D eigenvalue weighted by atomic mass is 32.2. The van der Waals surface area contributed by atoms with E-state index in [9.17, 15) is 18.0 Å². The van der Waals surface area contributed by atoms with Crippen molar-refractivity contribution in [1.82, 2.24) is 13.6 Å². The number of thiazole rings is 1. The number of hydrogen-bond donors (Lipinski definition) is 1. The summed E-state index contributed by atoms with van der Waals surface area (Å²) >= 11 is 1.31. The number of hydrogen-bond acceptors (Lipinski definition) is 8. The molecule has 156 valence electrons. The molecule has 1 aromatic heterocycles. The molecule has 1 N–H and O–H groups in total. The van der Waals surface area contributed by atoms with E-state index < -0.39 is 27.7 Å². The molecule has 1 saturated heterocycles. The highest BCUT2D eigenvalue weighted by Crippen LogP contribution is 2.26. The van der Waals surface area contributed by atoms with Crippen molar-refractivity contribution in [1.29, 1.82) is 0 Å². The maximum atomic E-state index is 12.9. The number of carbonyl (C=O) groups is 2. The summed E-state index contributed by atoms with van der Waals surface area (Å²) in [7, 11) is -4.24. The van der Waals surface area contributed by atoms with E-state index in [1.807, 2.05) is 24.3 Å². The van der Waals surface area contributed by atoms with Crippen molar-refractivity contribution in [3.8, 4) is 0 Å². The Balaban J connectivity index is 1.97. The number of carbonyl (C=O) groups excluding carboxylic acids is 2. The van der Waals surface area contributed by atoms with Gasteiger partial charge < -0.3 is 0 Å². The molecule has 0 radical (unpaired) electrons. The van der Waals surface area contributed by atoms with Gasteiger partial charge in [-0.25, -0.2) is 13.6 Å². The Kier molecular flexibility index (Phi) is 5.90. The van der Waals surface area contributed by atoms with E-state index in [1.54, 1.807) is 27.7 Å². The Morgan fingerprint density at radius 1 is 1.03 bits per heavy atom. The van der Waals surface area contributed by atoms with Crippen molar-refractivity contribution < 1.29 is 18.0 Å². The smallest absolute Gasteiger partial charge is 0.266 e. The number of rotatable bonds is 6. The van der Waals surface area contributed by atoms with Gasteiger partial charge in [0.2, 0.25) is 10.8 Å². The molecule has 0 atom stereocenters. The Hall–Kier alpha value is -2.53.